The van der Waals surface area contributed by atoms with Crippen LogP contribution in [-0.2, 0) is 0 Å². The van der Waals surface area contributed by atoms with Crippen molar-refractivity contribution >= 4 is 0 Å². The Bertz CT molecular complexity index is 236. The second-order valence-corrected chi connectivity index (χ2v) is 5.00. The smallest absolute Gasteiger partial charge is 0.00200 e. The van der Waals surface area contributed by atoms with Gasteiger partial charge in [0.1, 0.15) is 0 Å². The van der Waals surface area contributed by atoms with Gasteiger partial charge in [0.15, 0.2) is 0 Å². The monoisotopic (exact) mass is 221 g/mol. The molecule has 0 aliphatic carbocycles. The molecule has 0 radical (unpaired) electrons. The molecule has 1 N–H and O–H groups in total. The zero-order valence-electron chi connectivity index (χ0n) is 11.3. The lowest BCUT2D eigenvalue weighted by Crippen LogP contribution is -2.25. The maximum Gasteiger partial charge on any atom is -0.00200 e. The molecule has 1 heteroatoms. The molecule has 0 saturated heterocycles. The van der Waals surface area contributed by atoms with Crippen LogP contribution in [0.1, 0.15) is 34.1 Å². The molecule has 16 heavy (non-hydrogen) atoms. The summed E-state index contributed by atoms with van der Waals surface area (Å²) in [6.07, 6.45) is 9.15. The van der Waals surface area contributed by atoms with E-state index in [2.05, 4.69) is 51.7 Å². The summed E-state index contributed by atoms with van der Waals surface area (Å²) in [5, 5.41) is 3.50. The molecule has 0 aromatic carbocycles. The molecule has 0 heterocycles. The fourth-order valence-corrected chi connectivity index (χ4v) is 1.61. The van der Waals surface area contributed by atoms with Gasteiger partial charge in [-0.15, -0.1) is 0 Å². The summed E-state index contributed by atoms with van der Waals surface area (Å²) < 4.78 is 0. The van der Waals surface area contributed by atoms with Gasteiger partial charge >= 0.3 is 0 Å². The van der Waals surface area contributed by atoms with Crippen molar-refractivity contribution in [3.8, 4) is 0 Å². The quantitative estimate of drug-likeness (QED) is 0.612. The van der Waals surface area contributed by atoms with Crippen LogP contribution < -0.4 is 5.32 Å². The molecule has 1 nitrogen and oxygen atoms in total. The summed E-state index contributed by atoms with van der Waals surface area (Å²) >= 11 is 0. The van der Waals surface area contributed by atoms with Crippen molar-refractivity contribution in [3.63, 3.8) is 0 Å². The molecule has 1 atom stereocenters. The van der Waals surface area contributed by atoms with E-state index in [-0.39, 0.29) is 0 Å². The fraction of sp³-hybridized carbons (Fsp3) is 0.600. The maximum atomic E-state index is 3.65. The van der Waals surface area contributed by atoms with Crippen molar-refractivity contribution in [2.45, 2.75) is 34.1 Å². The van der Waals surface area contributed by atoms with E-state index in [4.69, 9.17) is 0 Å². The van der Waals surface area contributed by atoms with Gasteiger partial charge in [0, 0.05) is 0 Å². The number of nitrogens with one attached hydrogen (secondary N) is 1. The molecule has 0 aromatic rings. The largest absolute Gasteiger partial charge is 0.316 e. The highest BCUT2D eigenvalue weighted by atomic mass is 14.9. The van der Waals surface area contributed by atoms with Crippen LogP contribution in [0.2, 0.25) is 0 Å². The molecule has 0 fully saturated rings. The van der Waals surface area contributed by atoms with E-state index in [1.54, 1.807) is 6.08 Å². The third-order valence-corrected chi connectivity index (χ3v) is 2.34. The molecule has 1 unspecified atom stereocenters. The fourth-order valence-electron chi connectivity index (χ4n) is 1.61. The molecule has 0 aromatic heterocycles. The predicted octanol–water partition coefficient (Wildman–Crippen LogP) is 3.95. The van der Waals surface area contributed by atoms with Crippen molar-refractivity contribution in [1.82, 2.24) is 5.32 Å². The Morgan fingerprint density at radius 3 is 2.44 bits per heavy atom. The first-order valence-corrected chi connectivity index (χ1v) is 6.21. The van der Waals surface area contributed by atoms with Crippen LogP contribution in [-0.4, -0.2) is 13.1 Å². The van der Waals surface area contributed by atoms with E-state index >= 15 is 0 Å². The lowest BCUT2D eigenvalue weighted by atomic mass is 10.0. The molecule has 0 aliphatic rings. The van der Waals surface area contributed by atoms with Crippen LogP contribution in [0, 0.1) is 11.8 Å². The Morgan fingerprint density at radius 2 is 1.88 bits per heavy atom. The third-order valence-electron chi connectivity index (χ3n) is 2.34. The topological polar surface area (TPSA) is 12.0 Å². The highest BCUT2D eigenvalue weighted by Crippen LogP contribution is 2.10. The average Bonchev–Trinajstić information content (AvgIpc) is 2.17. The van der Waals surface area contributed by atoms with E-state index in [1.807, 2.05) is 6.08 Å². The van der Waals surface area contributed by atoms with Crippen LogP contribution in [0.15, 0.2) is 36.5 Å². The molecule has 0 bridgehead atoms. The van der Waals surface area contributed by atoms with E-state index in [9.17, 15) is 0 Å². The van der Waals surface area contributed by atoms with Crippen LogP contribution in [0.5, 0.6) is 0 Å². The van der Waals surface area contributed by atoms with E-state index < -0.39 is 0 Å². The Labute approximate surface area is 101 Å². The van der Waals surface area contributed by atoms with Gasteiger partial charge in [0.2, 0.25) is 0 Å². The minimum Gasteiger partial charge on any atom is -0.316 e. The lowest BCUT2D eigenvalue weighted by Gasteiger charge is -2.14. The van der Waals surface area contributed by atoms with Crippen molar-refractivity contribution in [1.29, 1.82) is 0 Å². The van der Waals surface area contributed by atoms with Gasteiger partial charge in [0.25, 0.3) is 0 Å². The van der Waals surface area contributed by atoms with Gasteiger partial charge in [-0.3, -0.25) is 0 Å². The molecule has 92 valence electrons. The molecule has 0 rings (SSSR count). The summed E-state index contributed by atoms with van der Waals surface area (Å²) in [5.74, 6) is 1.44. The summed E-state index contributed by atoms with van der Waals surface area (Å²) in [5.41, 5.74) is 1.43. The van der Waals surface area contributed by atoms with Gasteiger partial charge in [0.05, 0.1) is 0 Å². The normalized spacial score (nSPS) is 14.7. The van der Waals surface area contributed by atoms with Crippen molar-refractivity contribution < 1.29 is 0 Å². The first kappa shape index (κ1) is 15.2. The number of hydrogen-bond acceptors (Lipinski definition) is 1. The van der Waals surface area contributed by atoms with Crippen LogP contribution in [0.25, 0.3) is 0 Å². The molecule has 0 amide bonds. The second kappa shape index (κ2) is 9.41. The zero-order valence-corrected chi connectivity index (χ0v) is 11.3. The van der Waals surface area contributed by atoms with Crippen molar-refractivity contribution in [2.24, 2.45) is 11.8 Å². The molecule has 0 saturated carbocycles. The number of allylic oxidation sites excluding steroid dienone is 5. The van der Waals surface area contributed by atoms with Gasteiger partial charge in [-0.1, -0.05) is 57.2 Å². The number of hydrogen-bond donors (Lipinski definition) is 1. The van der Waals surface area contributed by atoms with Crippen molar-refractivity contribution in [2.75, 3.05) is 13.1 Å². The standard InChI is InChI=1S/C15H27N/c1-6-7-8-9-14(4)10-15(5)12-16-11-13(2)3/h6-9,13,15-16H,1,10-12H2,2-5H3/b8-7-,14-9+. The highest BCUT2D eigenvalue weighted by Gasteiger charge is 2.02. The Balaban J connectivity index is 3.77. The molecular weight excluding hydrogens is 194 g/mol. The van der Waals surface area contributed by atoms with Gasteiger partial charge in [-0.2, -0.15) is 0 Å². The van der Waals surface area contributed by atoms with Crippen LogP contribution in [0.4, 0.5) is 0 Å². The third kappa shape index (κ3) is 9.72. The Morgan fingerprint density at radius 1 is 1.19 bits per heavy atom. The molecule has 0 aliphatic heterocycles. The van der Waals surface area contributed by atoms with E-state index in [0.29, 0.717) is 5.92 Å². The van der Waals surface area contributed by atoms with Gasteiger partial charge < -0.3 is 5.32 Å². The molecule has 0 spiro atoms. The van der Waals surface area contributed by atoms with Crippen LogP contribution in [0.3, 0.4) is 0 Å². The first-order valence-electron chi connectivity index (χ1n) is 6.21. The van der Waals surface area contributed by atoms with Gasteiger partial charge in [-0.25, -0.2) is 0 Å². The average molecular weight is 221 g/mol. The zero-order chi connectivity index (χ0) is 12.4. The Kier molecular flexibility index (Phi) is 8.93. The molecular formula is C15H27N. The predicted molar refractivity (Wildman–Crippen MR) is 74.6 cm³/mol. The Hall–Kier alpha value is -0.820. The van der Waals surface area contributed by atoms with Gasteiger partial charge in [-0.05, 0) is 38.3 Å². The minimum absolute atomic E-state index is 0.701. The lowest BCUT2D eigenvalue weighted by molar-refractivity contribution is 0.472. The number of rotatable bonds is 8. The van der Waals surface area contributed by atoms with Crippen LogP contribution >= 0.6 is 0 Å². The van der Waals surface area contributed by atoms with E-state index in [1.165, 1.54) is 5.57 Å². The highest BCUT2D eigenvalue weighted by molar-refractivity contribution is 5.14. The first-order chi connectivity index (χ1) is 7.56. The minimum atomic E-state index is 0.701. The summed E-state index contributed by atoms with van der Waals surface area (Å²) in [7, 11) is 0. The summed E-state index contributed by atoms with van der Waals surface area (Å²) in [6.45, 7) is 14.8. The summed E-state index contributed by atoms with van der Waals surface area (Å²) in [6, 6.07) is 0. The van der Waals surface area contributed by atoms with E-state index in [0.717, 1.165) is 25.4 Å². The van der Waals surface area contributed by atoms with Crippen molar-refractivity contribution in [3.05, 3.63) is 36.5 Å². The maximum absolute atomic E-state index is 3.65. The SMILES string of the molecule is C=C/C=C\C=C(/C)CC(C)CNCC(C)C. The summed E-state index contributed by atoms with van der Waals surface area (Å²) in [4.78, 5) is 0. The second-order valence-electron chi connectivity index (χ2n) is 5.00.